The van der Waals surface area contributed by atoms with Crippen LogP contribution >= 0.6 is 23.2 Å². The first kappa shape index (κ1) is 15.5. The summed E-state index contributed by atoms with van der Waals surface area (Å²) >= 11 is 12.0. The molecule has 0 spiro atoms. The van der Waals surface area contributed by atoms with Gasteiger partial charge < -0.3 is 20.0 Å². The lowest BCUT2D eigenvalue weighted by Gasteiger charge is -2.19. The molecular formula is C15H14Cl2N2O3. The number of benzene rings is 1. The van der Waals surface area contributed by atoms with Gasteiger partial charge in [-0.3, -0.25) is 0 Å². The molecule has 2 N–H and O–H groups in total. The van der Waals surface area contributed by atoms with E-state index in [1.54, 1.807) is 30.4 Å². The number of aliphatic hydroxyl groups is 1. The van der Waals surface area contributed by atoms with Crippen LogP contribution in [0.1, 0.15) is 11.7 Å². The number of nitrogens with zero attached hydrogens (tertiary/aromatic N) is 1. The Morgan fingerprint density at radius 2 is 2.18 bits per heavy atom. The fourth-order valence-electron chi connectivity index (χ4n) is 2.59. The molecule has 0 amide bonds. The van der Waals surface area contributed by atoms with Gasteiger partial charge in [-0.15, -0.1) is 0 Å². The highest BCUT2D eigenvalue weighted by Gasteiger charge is 2.44. The Morgan fingerprint density at radius 1 is 1.41 bits per heavy atom. The molecule has 1 aromatic rings. The maximum absolute atomic E-state index is 10.5. The molecule has 7 heteroatoms. The second-order valence-electron chi connectivity index (χ2n) is 5.07. The zero-order chi connectivity index (χ0) is 15.9. The molecule has 4 unspecified atom stereocenters. The van der Waals surface area contributed by atoms with Gasteiger partial charge in [0.25, 0.3) is 0 Å². The predicted molar refractivity (Wildman–Crippen MR) is 84.9 cm³/mol. The third kappa shape index (κ3) is 2.65. The van der Waals surface area contributed by atoms with Gasteiger partial charge in [-0.05, 0) is 18.2 Å². The first-order valence-electron chi connectivity index (χ1n) is 6.68. The number of rotatable bonds is 2. The van der Waals surface area contributed by atoms with Crippen molar-refractivity contribution in [1.82, 2.24) is 0 Å². The number of fused-ring (bicyclic) bond motifs is 1. The number of hydrogen-bond donors (Lipinski definition) is 2. The summed E-state index contributed by atoms with van der Waals surface area (Å²) in [6, 6.07) is 4.82. The van der Waals surface area contributed by atoms with Gasteiger partial charge in [0.1, 0.15) is 12.2 Å². The van der Waals surface area contributed by atoms with Crippen LogP contribution in [0.2, 0.25) is 10.0 Å². The van der Waals surface area contributed by atoms with Crippen molar-refractivity contribution in [2.45, 2.75) is 18.4 Å². The summed E-state index contributed by atoms with van der Waals surface area (Å²) in [5.74, 6) is 0.137. The fourth-order valence-corrected chi connectivity index (χ4v) is 3.11. The quantitative estimate of drug-likeness (QED) is 0.868. The van der Waals surface area contributed by atoms with Crippen molar-refractivity contribution in [1.29, 1.82) is 5.41 Å². The van der Waals surface area contributed by atoms with E-state index in [-0.39, 0.29) is 11.6 Å². The Kier molecular flexibility index (Phi) is 4.23. The lowest BCUT2D eigenvalue weighted by molar-refractivity contribution is -0.0208. The van der Waals surface area contributed by atoms with E-state index in [2.05, 4.69) is 4.99 Å². The van der Waals surface area contributed by atoms with E-state index in [0.717, 1.165) is 0 Å². The van der Waals surface area contributed by atoms with Crippen LogP contribution in [0.25, 0.3) is 0 Å². The summed E-state index contributed by atoms with van der Waals surface area (Å²) in [6.45, 7) is 0. The second kappa shape index (κ2) is 6.01. The SMILES string of the molecule is COC1=NC2OC(C(O)c3ccc(Cl)cc3Cl)C(=N)C2C=C1. The van der Waals surface area contributed by atoms with Crippen molar-refractivity contribution in [3.8, 4) is 0 Å². The lowest BCUT2D eigenvalue weighted by atomic mass is 9.94. The Hall–Kier alpha value is -1.40. The molecule has 116 valence electrons. The monoisotopic (exact) mass is 340 g/mol. The van der Waals surface area contributed by atoms with E-state index >= 15 is 0 Å². The zero-order valence-corrected chi connectivity index (χ0v) is 13.2. The van der Waals surface area contributed by atoms with Crippen molar-refractivity contribution < 1.29 is 14.6 Å². The number of methoxy groups -OCH3 is 1. The van der Waals surface area contributed by atoms with Crippen LogP contribution in [0.3, 0.4) is 0 Å². The maximum Gasteiger partial charge on any atom is 0.210 e. The summed E-state index contributed by atoms with van der Waals surface area (Å²) in [4.78, 5) is 4.25. The van der Waals surface area contributed by atoms with Crippen molar-refractivity contribution in [2.24, 2.45) is 10.9 Å². The molecule has 4 atom stereocenters. The Morgan fingerprint density at radius 3 is 2.86 bits per heavy atom. The van der Waals surface area contributed by atoms with Crippen LogP contribution in [0, 0.1) is 11.3 Å². The number of halogens is 2. The first-order valence-corrected chi connectivity index (χ1v) is 7.43. The molecule has 0 saturated carbocycles. The summed E-state index contributed by atoms with van der Waals surface area (Å²) in [6.07, 6.45) is 1.08. The van der Waals surface area contributed by atoms with Crippen molar-refractivity contribution >= 4 is 34.8 Å². The Balaban J connectivity index is 1.85. The van der Waals surface area contributed by atoms with E-state index in [4.69, 9.17) is 38.1 Å². The average molecular weight is 341 g/mol. The molecule has 5 nitrogen and oxygen atoms in total. The van der Waals surface area contributed by atoms with Crippen LogP contribution in [0.4, 0.5) is 0 Å². The van der Waals surface area contributed by atoms with Crippen LogP contribution in [0.15, 0.2) is 35.3 Å². The van der Waals surface area contributed by atoms with Crippen LogP contribution in [-0.4, -0.2) is 36.2 Å². The number of dihydropyridines is 1. The molecule has 22 heavy (non-hydrogen) atoms. The van der Waals surface area contributed by atoms with Crippen LogP contribution < -0.4 is 0 Å². The van der Waals surface area contributed by atoms with Crippen LogP contribution in [-0.2, 0) is 9.47 Å². The maximum atomic E-state index is 10.5. The minimum Gasteiger partial charge on any atom is -0.481 e. The van der Waals surface area contributed by atoms with Gasteiger partial charge >= 0.3 is 0 Å². The largest absolute Gasteiger partial charge is 0.481 e. The molecule has 2 aliphatic heterocycles. The summed E-state index contributed by atoms with van der Waals surface area (Å²) in [5.41, 5.74) is 0.734. The predicted octanol–water partition coefficient (Wildman–Crippen LogP) is 3.00. The minimum atomic E-state index is -1.06. The van der Waals surface area contributed by atoms with E-state index in [1.807, 2.05) is 0 Å². The van der Waals surface area contributed by atoms with Gasteiger partial charge in [0.2, 0.25) is 5.90 Å². The van der Waals surface area contributed by atoms with Gasteiger partial charge in [0.05, 0.1) is 18.7 Å². The molecule has 1 aromatic carbocycles. The standard InChI is InChI=1S/C15H14Cl2N2O3/c1-21-11-5-4-9-12(18)14(22-15(9)19-11)13(20)8-3-2-7(16)6-10(8)17/h2-6,9,13-15,18,20H,1H3. The third-order valence-electron chi connectivity index (χ3n) is 3.74. The summed E-state index contributed by atoms with van der Waals surface area (Å²) in [5, 5.41) is 19.6. The molecule has 0 aliphatic carbocycles. The number of aliphatic hydroxyl groups excluding tert-OH is 1. The van der Waals surface area contributed by atoms with E-state index in [9.17, 15) is 5.11 Å². The van der Waals surface area contributed by atoms with Gasteiger partial charge in [-0.2, -0.15) is 0 Å². The molecule has 1 fully saturated rings. The molecule has 1 saturated heterocycles. The lowest BCUT2D eigenvalue weighted by Crippen LogP contribution is -2.26. The number of ether oxygens (including phenoxy) is 2. The number of aliphatic imine (C=N–C) groups is 1. The van der Waals surface area contributed by atoms with Crippen molar-refractivity contribution in [3.05, 3.63) is 46.0 Å². The fraction of sp³-hybridized carbons (Fsp3) is 0.333. The smallest absolute Gasteiger partial charge is 0.210 e. The average Bonchev–Trinajstić information content (AvgIpc) is 2.83. The zero-order valence-electron chi connectivity index (χ0n) is 11.7. The van der Waals surface area contributed by atoms with E-state index in [1.165, 1.54) is 7.11 Å². The molecule has 2 heterocycles. The topological polar surface area (TPSA) is 74.9 Å². The van der Waals surface area contributed by atoms with E-state index in [0.29, 0.717) is 21.5 Å². The molecule has 0 aromatic heterocycles. The van der Waals surface area contributed by atoms with E-state index < -0.39 is 18.4 Å². The Bertz CT molecular complexity index is 675. The highest BCUT2D eigenvalue weighted by Crippen LogP contribution is 2.37. The number of nitrogens with one attached hydrogen (secondary N) is 1. The molecule has 3 rings (SSSR count). The normalized spacial score (nSPS) is 28.3. The van der Waals surface area contributed by atoms with Gasteiger partial charge in [0.15, 0.2) is 6.23 Å². The Labute approximate surface area is 137 Å². The van der Waals surface area contributed by atoms with Crippen molar-refractivity contribution in [2.75, 3.05) is 7.11 Å². The minimum absolute atomic E-state index is 0.263. The third-order valence-corrected chi connectivity index (χ3v) is 4.30. The molecule has 2 aliphatic rings. The van der Waals surface area contributed by atoms with Crippen molar-refractivity contribution in [3.63, 3.8) is 0 Å². The molecular weight excluding hydrogens is 327 g/mol. The van der Waals surface area contributed by atoms with Crippen LogP contribution in [0.5, 0.6) is 0 Å². The highest BCUT2D eigenvalue weighted by atomic mass is 35.5. The second-order valence-corrected chi connectivity index (χ2v) is 5.91. The molecule has 0 radical (unpaired) electrons. The molecule has 0 bridgehead atoms. The summed E-state index contributed by atoms with van der Waals surface area (Å²) in [7, 11) is 1.52. The van der Waals surface area contributed by atoms with Gasteiger partial charge in [-0.1, -0.05) is 35.3 Å². The number of hydrogen-bond acceptors (Lipinski definition) is 5. The van der Waals surface area contributed by atoms with Gasteiger partial charge in [0, 0.05) is 15.6 Å². The van der Waals surface area contributed by atoms with Gasteiger partial charge in [-0.25, -0.2) is 4.99 Å². The first-order chi connectivity index (χ1) is 10.5. The highest BCUT2D eigenvalue weighted by molar-refractivity contribution is 6.35. The summed E-state index contributed by atoms with van der Waals surface area (Å²) < 4.78 is 10.8.